The second-order valence-corrected chi connectivity index (χ2v) is 17.2. The van der Waals surface area contributed by atoms with Gasteiger partial charge in [-0.05, 0) is 47.7 Å². The molecule has 0 radical (unpaired) electrons. The average Bonchev–Trinajstić information content (AvgIpc) is 3.05. The zero-order valence-corrected chi connectivity index (χ0v) is 27.5. The molecular weight excluding hydrogens is 632 g/mol. The number of rotatable bonds is 6. The van der Waals surface area contributed by atoms with E-state index < -0.39 is 29.0 Å². The Balaban J connectivity index is 0.000000171. The second kappa shape index (κ2) is 18.0. The first-order chi connectivity index (χ1) is 20.6. The van der Waals surface area contributed by atoms with Gasteiger partial charge in [-0.1, -0.05) is 182 Å². The van der Waals surface area contributed by atoms with E-state index >= 15 is 0 Å². The third-order valence-corrected chi connectivity index (χ3v) is 11.0. The van der Waals surface area contributed by atoms with Gasteiger partial charge in [0, 0.05) is 0 Å². The van der Waals surface area contributed by atoms with Crippen LogP contribution in [0.2, 0.25) is 0 Å². The van der Waals surface area contributed by atoms with Gasteiger partial charge in [-0.15, -0.1) is 0 Å². The van der Waals surface area contributed by atoms with Crippen molar-refractivity contribution in [3.8, 4) is 0 Å². The summed E-state index contributed by atoms with van der Waals surface area (Å²) in [5, 5.41) is 8.39. The van der Waals surface area contributed by atoms with Gasteiger partial charge in [-0.25, -0.2) is 0 Å². The molecule has 0 aliphatic carbocycles. The van der Waals surface area contributed by atoms with Gasteiger partial charge in [0.15, 0.2) is 0 Å². The minimum Gasteiger partial charge on any atom is -0.0622 e. The van der Waals surface area contributed by atoms with Crippen molar-refractivity contribution in [1.29, 1.82) is 0 Å². The van der Waals surface area contributed by atoms with E-state index in [1.807, 2.05) is 0 Å². The summed E-state index contributed by atoms with van der Waals surface area (Å²) in [6.45, 7) is 0. The third-order valence-electron chi connectivity index (χ3n) is 6.09. The number of halogens is 2. The van der Waals surface area contributed by atoms with Gasteiger partial charge in [0.05, 0.1) is 0 Å². The number of hydrogen-bond acceptors (Lipinski definition) is 1. The van der Waals surface area contributed by atoms with E-state index in [0.29, 0.717) is 0 Å². The molecule has 0 aliphatic rings. The minimum absolute atomic E-state index is 0.446. The molecule has 0 aromatic heterocycles. The summed E-state index contributed by atoms with van der Waals surface area (Å²) in [6, 6.07) is 64.7. The first-order valence-corrected chi connectivity index (χ1v) is 20.4. The van der Waals surface area contributed by atoms with Gasteiger partial charge in [0.2, 0.25) is 0 Å². The van der Waals surface area contributed by atoms with Gasteiger partial charge in [-0.3, -0.25) is 0 Å². The summed E-state index contributed by atoms with van der Waals surface area (Å²) >= 11 is -2.49. The Kier molecular flexibility index (Phi) is 13.7. The fraction of sp³-hybridized carbons (Fsp3) is 0. The van der Waals surface area contributed by atoms with Crippen molar-refractivity contribution >= 4 is 67.4 Å². The number of hydrogen-bond donors (Lipinski definition) is 0. The van der Waals surface area contributed by atoms with Crippen LogP contribution in [0.25, 0.3) is 0 Å². The smallest absolute Gasteiger partial charge is 0.0134 e. The maximum absolute atomic E-state index is 9.20. The molecule has 0 saturated carbocycles. The summed E-state index contributed by atoms with van der Waals surface area (Å²) in [6.07, 6.45) is 0. The van der Waals surface area contributed by atoms with Gasteiger partial charge in [-0.2, -0.15) is 0 Å². The van der Waals surface area contributed by atoms with Gasteiger partial charge >= 0.3 is 36.6 Å². The molecule has 6 aromatic carbocycles. The van der Waals surface area contributed by atoms with E-state index in [-0.39, 0.29) is 0 Å². The standard InChI is InChI=1S/2C18H15P.2ClH.O.V/c2*1-4-10-16(11-5-1)19(17-12-6-2-7-13-17)18-14-8-3-9-15-18;;;;/h2*1-15H;2*1H;;/q;;;;;+2/p-2. The van der Waals surface area contributed by atoms with Crippen molar-refractivity contribution in [1.82, 2.24) is 0 Å². The molecule has 0 atom stereocenters. The molecule has 0 saturated heterocycles. The van der Waals surface area contributed by atoms with Crippen molar-refractivity contribution in [2.75, 3.05) is 0 Å². The molecule has 0 spiro atoms. The van der Waals surface area contributed by atoms with Crippen molar-refractivity contribution < 1.29 is 16.9 Å². The van der Waals surface area contributed by atoms with Crippen molar-refractivity contribution in [2.24, 2.45) is 0 Å². The Morgan fingerprint density at radius 2 is 0.429 bits per heavy atom. The molecule has 0 fully saturated rings. The van der Waals surface area contributed by atoms with Gasteiger partial charge in [0.25, 0.3) is 0 Å². The van der Waals surface area contributed by atoms with E-state index in [9.17, 15) is 3.67 Å². The van der Waals surface area contributed by atoms with Crippen LogP contribution < -0.4 is 31.8 Å². The van der Waals surface area contributed by atoms with Crippen LogP contribution in [0.5, 0.6) is 0 Å². The molecule has 1 nitrogen and oxygen atoms in total. The first kappa shape index (κ1) is 32.1. The molecule has 209 valence electrons. The largest absolute Gasteiger partial charge is 0.0622 e. The Bertz CT molecular complexity index is 1280. The van der Waals surface area contributed by atoms with E-state index in [1.54, 1.807) is 0 Å². The van der Waals surface area contributed by atoms with Crippen molar-refractivity contribution in [2.45, 2.75) is 0 Å². The van der Waals surface area contributed by atoms with Crippen LogP contribution in [0.4, 0.5) is 0 Å². The molecule has 0 bridgehead atoms. The average molecular weight is 662 g/mol. The van der Waals surface area contributed by atoms with Gasteiger partial charge in [0.1, 0.15) is 0 Å². The quantitative estimate of drug-likeness (QED) is 0.165. The molecule has 0 amide bonds. The van der Waals surface area contributed by atoms with Crippen LogP contribution in [0, 0.1) is 0 Å². The predicted octanol–water partition coefficient (Wildman–Crippen LogP) is 8.15. The first-order valence-electron chi connectivity index (χ1n) is 13.3. The molecule has 0 heterocycles. The van der Waals surface area contributed by atoms with E-state index in [4.69, 9.17) is 0 Å². The Labute approximate surface area is 264 Å². The van der Waals surface area contributed by atoms with E-state index in [0.717, 1.165) is 0 Å². The maximum atomic E-state index is 9.20. The van der Waals surface area contributed by atoms with Gasteiger partial charge < -0.3 is 0 Å². The molecule has 6 rings (SSSR count). The zero-order chi connectivity index (χ0) is 29.4. The Morgan fingerprint density at radius 3 is 0.548 bits per heavy atom. The van der Waals surface area contributed by atoms with Crippen LogP contribution in [-0.4, -0.2) is 0 Å². The fourth-order valence-corrected chi connectivity index (χ4v) is 8.97. The molecule has 6 heteroatoms. The van der Waals surface area contributed by atoms with Crippen LogP contribution in [0.15, 0.2) is 182 Å². The Morgan fingerprint density at radius 1 is 0.310 bits per heavy atom. The Hall–Kier alpha value is -2.86. The molecule has 0 aliphatic heterocycles. The fourth-order valence-electron chi connectivity index (χ4n) is 4.36. The summed E-state index contributed by atoms with van der Waals surface area (Å²) in [5.74, 6) is 0. The van der Waals surface area contributed by atoms with Crippen LogP contribution >= 0.6 is 35.5 Å². The van der Waals surface area contributed by atoms with Crippen LogP contribution in [0.1, 0.15) is 0 Å². The zero-order valence-electron chi connectivity index (χ0n) is 22.8. The second-order valence-electron chi connectivity index (χ2n) is 8.89. The SMILES string of the molecule is [O]=[V]([Cl])[Cl].c1ccc(P(c2ccccc2)c2ccccc2)cc1.c1ccc(P(c2ccccc2)c2ccccc2)cc1. The summed E-state index contributed by atoms with van der Waals surface area (Å²) in [4.78, 5) is 0. The van der Waals surface area contributed by atoms with Crippen LogP contribution in [0.3, 0.4) is 0 Å². The minimum atomic E-state index is -2.49. The topological polar surface area (TPSA) is 17.1 Å². The maximum Gasteiger partial charge on any atom is -0.0134 e. The molecule has 0 unspecified atom stereocenters. The number of benzene rings is 6. The van der Waals surface area contributed by atoms with E-state index in [2.05, 4.69) is 202 Å². The predicted molar refractivity (Wildman–Crippen MR) is 183 cm³/mol. The van der Waals surface area contributed by atoms with Crippen molar-refractivity contribution in [3.05, 3.63) is 182 Å². The normalized spacial score (nSPS) is 10.2. The van der Waals surface area contributed by atoms with Crippen LogP contribution in [-0.2, 0) is 16.9 Å². The summed E-state index contributed by atoms with van der Waals surface area (Å²) in [5.41, 5.74) is 0. The van der Waals surface area contributed by atoms with E-state index in [1.165, 1.54) is 31.8 Å². The summed E-state index contributed by atoms with van der Waals surface area (Å²) in [7, 11) is 8.37. The molecule has 42 heavy (non-hydrogen) atoms. The molecule has 6 aromatic rings. The van der Waals surface area contributed by atoms with Crippen molar-refractivity contribution in [3.63, 3.8) is 0 Å². The monoisotopic (exact) mass is 661 g/mol. The third kappa shape index (κ3) is 10.1. The summed E-state index contributed by atoms with van der Waals surface area (Å²) < 4.78 is 9.20. The molecular formula is C36H30Cl2OP2V. The molecule has 0 N–H and O–H groups in total.